The van der Waals surface area contributed by atoms with Crippen LogP contribution in [-0.2, 0) is 0 Å². The second-order valence-electron chi connectivity index (χ2n) is 9.23. The molecule has 0 radical (unpaired) electrons. The van der Waals surface area contributed by atoms with Crippen LogP contribution in [0.2, 0.25) is 0 Å². The van der Waals surface area contributed by atoms with Crippen molar-refractivity contribution >= 4 is 41.2 Å². The zero-order valence-corrected chi connectivity index (χ0v) is 20.0. The Morgan fingerprint density at radius 1 is 1.06 bits per heavy atom. The molecule has 2 aromatic heterocycles. The molecule has 0 aliphatic carbocycles. The van der Waals surface area contributed by atoms with E-state index in [9.17, 15) is 4.79 Å². The van der Waals surface area contributed by atoms with E-state index in [4.69, 9.17) is 22.3 Å². The van der Waals surface area contributed by atoms with Crippen molar-refractivity contribution in [3.05, 3.63) is 29.6 Å². The lowest BCUT2D eigenvalue weighted by atomic mass is 9.93. The number of piperidine rings is 1. The van der Waals surface area contributed by atoms with Crippen molar-refractivity contribution in [2.75, 3.05) is 41.3 Å². The maximum absolute atomic E-state index is 12.2. The normalized spacial score (nSPS) is 17.0. The van der Waals surface area contributed by atoms with Crippen LogP contribution in [-0.4, -0.2) is 59.1 Å². The summed E-state index contributed by atoms with van der Waals surface area (Å²) >= 11 is 0. The fourth-order valence-electron chi connectivity index (χ4n) is 4.78. The molecule has 2 aromatic rings. The van der Waals surface area contributed by atoms with Crippen LogP contribution >= 0.6 is 0 Å². The fourth-order valence-corrected chi connectivity index (χ4v) is 4.78. The molecule has 2 aliphatic heterocycles. The van der Waals surface area contributed by atoms with E-state index in [1.165, 1.54) is 12.8 Å². The van der Waals surface area contributed by atoms with Gasteiger partial charge < -0.3 is 32.0 Å². The summed E-state index contributed by atoms with van der Waals surface area (Å²) in [7, 11) is 0. The molecule has 7 N–H and O–H groups in total. The summed E-state index contributed by atoms with van der Waals surface area (Å²) in [6.45, 7) is 3.42. The quantitative estimate of drug-likeness (QED) is 0.284. The van der Waals surface area contributed by atoms with Crippen molar-refractivity contribution in [1.82, 2.24) is 15.0 Å². The third kappa shape index (κ3) is 6.03. The van der Waals surface area contributed by atoms with Crippen LogP contribution in [0.5, 0.6) is 0 Å². The van der Waals surface area contributed by atoms with Crippen LogP contribution in [0.15, 0.2) is 18.3 Å². The molecule has 0 saturated carbocycles. The summed E-state index contributed by atoms with van der Waals surface area (Å²) in [6, 6.07) is 3.83. The summed E-state index contributed by atoms with van der Waals surface area (Å²) in [5.74, 6) is 1.67. The molecular weight excluding hydrogens is 444 g/mol. The van der Waals surface area contributed by atoms with Gasteiger partial charge in [-0.15, -0.1) is 0 Å². The monoisotopic (exact) mass is 478 g/mol. The van der Waals surface area contributed by atoms with E-state index < -0.39 is 5.91 Å². The molecule has 1 amide bonds. The van der Waals surface area contributed by atoms with Gasteiger partial charge in [-0.3, -0.25) is 10.2 Å². The highest BCUT2D eigenvalue weighted by atomic mass is 16.1. The number of amides is 1. The first kappa shape index (κ1) is 24.4. The van der Waals surface area contributed by atoms with Gasteiger partial charge in [-0.2, -0.15) is 4.98 Å². The summed E-state index contributed by atoms with van der Waals surface area (Å²) in [5.41, 5.74) is 12.2. The molecule has 0 spiro atoms. The van der Waals surface area contributed by atoms with Gasteiger partial charge in [0, 0.05) is 38.8 Å². The highest BCUT2D eigenvalue weighted by molar-refractivity contribution is 6.04. The summed E-state index contributed by atoms with van der Waals surface area (Å²) in [4.78, 5) is 30.3. The average molecular weight is 479 g/mol. The van der Waals surface area contributed by atoms with E-state index in [0.29, 0.717) is 24.0 Å². The molecule has 2 fully saturated rings. The SMILES string of the molecule is N=Cc1nc(N2CCCCCC2)nc(Nc2ccc(N3CCC(CC(=N)N)CC3)nc2)c1C(N)=O. The molecule has 11 heteroatoms. The van der Waals surface area contributed by atoms with Gasteiger partial charge in [0.15, 0.2) is 0 Å². The van der Waals surface area contributed by atoms with Gasteiger partial charge >= 0.3 is 0 Å². The first-order chi connectivity index (χ1) is 16.9. The Kier molecular flexibility index (Phi) is 7.74. The Morgan fingerprint density at radius 2 is 1.77 bits per heavy atom. The van der Waals surface area contributed by atoms with Crippen LogP contribution in [0.25, 0.3) is 0 Å². The van der Waals surface area contributed by atoms with Crippen molar-refractivity contribution in [3.63, 3.8) is 0 Å². The lowest BCUT2D eigenvalue weighted by molar-refractivity contribution is 0.100. The van der Waals surface area contributed by atoms with Gasteiger partial charge in [-0.1, -0.05) is 12.8 Å². The number of nitrogens with zero attached hydrogens (tertiary/aromatic N) is 5. The van der Waals surface area contributed by atoms with Crippen molar-refractivity contribution < 1.29 is 4.79 Å². The second kappa shape index (κ2) is 11.1. The van der Waals surface area contributed by atoms with Crippen LogP contribution < -0.4 is 26.6 Å². The molecule has 0 atom stereocenters. The van der Waals surface area contributed by atoms with Gasteiger partial charge in [-0.25, -0.2) is 9.97 Å². The van der Waals surface area contributed by atoms with Gasteiger partial charge in [0.25, 0.3) is 5.91 Å². The number of nitrogens with one attached hydrogen (secondary N) is 3. The molecule has 0 aromatic carbocycles. The largest absolute Gasteiger partial charge is 0.388 e. The fraction of sp³-hybridized carbons (Fsp3) is 0.500. The van der Waals surface area contributed by atoms with Crippen molar-refractivity contribution in [2.45, 2.75) is 44.9 Å². The molecule has 2 saturated heterocycles. The summed E-state index contributed by atoms with van der Waals surface area (Å²) in [5, 5.41) is 18.5. The second-order valence-corrected chi connectivity index (χ2v) is 9.23. The molecule has 4 rings (SSSR count). The van der Waals surface area contributed by atoms with Crippen LogP contribution in [0.3, 0.4) is 0 Å². The Balaban J connectivity index is 1.52. The summed E-state index contributed by atoms with van der Waals surface area (Å²) in [6.07, 6.45) is 9.83. The van der Waals surface area contributed by atoms with E-state index in [2.05, 4.69) is 30.1 Å². The number of carbonyl (C=O) groups excluding carboxylic acids is 1. The molecule has 2 aliphatic rings. The van der Waals surface area contributed by atoms with E-state index >= 15 is 0 Å². The smallest absolute Gasteiger partial charge is 0.254 e. The molecule has 11 nitrogen and oxygen atoms in total. The zero-order valence-electron chi connectivity index (χ0n) is 20.0. The molecule has 0 bridgehead atoms. The van der Waals surface area contributed by atoms with E-state index in [1.54, 1.807) is 6.20 Å². The molecule has 0 unspecified atom stereocenters. The Hall–Kier alpha value is -3.76. The Labute approximate surface area is 205 Å². The molecule has 4 heterocycles. The first-order valence-corrected chi connectivity index (χ1v) is 12.2. The number of primary amides is 1. The maximum Gasteiger partial charge on any atom is 0.254 e. The number of carbonyl (C=O) groups is 1. The van der Waals surface area contributed by atoms with E-state index in [0.717, 1.165) is 63.9 Å². The number of hydrogen-bond donors (Lipinski definition) is 5. The minimum absolute atomic E-state index is 0.0928. The lowest BCUT2D eigenvalue weighted by Crippen LogP contribution is -2.35. The Morgan fingerprint density at radius 3 is 2.34 bits per heavy atom. The number of pyridine rings is 1. The molecular formula is C24H34N10O. The lowest BCUT2D eigenvalue weighted by Gasteiger charge is -2.32. The number of hydrogen-bond acceptors (Lipinski definition) is 9. The predicted octanol–water partition coefficient (Wildman–Crippen LogP) is 2.63. The van der Waals surface area contributed by atoms with Crippen molar-refractivity contribution in [2.24, 2.45) is 17.4 Å². The number of amidine groups is 1. The average Bonchev–Trinajstić information content (AvgIpc) is 3.14. The zero-order chi connectivity index (χ0) is 24.8. The first-order valence-electron chi connectivity index (χ1n) is 12.2. The number of nitrogens with two attached hydrogens (primary N) is 2. The van der Waals surface area contributed by atoms with Crippen molar-refractivity contribution in [3.8, 4) is 0 Å². The van der Waals surface area contributed by atoms with Crippen LogP contribution in [0, 0.1) is 16.7 Å². The van der Waals surface area contributed by atoms with Crippen LogP contribution in [0.4, 0.5) is 23.3 Å². The number of anilines is 4. The van der Waals surface area contributed by atoms with E-state index in [-0.39, 0.29) is 22.9 Å². The van der Waals surface area contributed by atoms with Crippen molar-refractivity contribution in [1.29, 1.82) is 10.8 Å². The highest BCUT2D eigenvalue weighted by Crippen LogP contribution is 2.27. The summed E-state index contributed by atoms with van der Waals surface area (Å²) < 4.78 is 0. The Bertz CT molecular complexity index is 1050. The molecule has 186 valence electrons. The highest BCUT2D eigenvalue weighted by Gasteiger charge is 2.23. The maximum atomic E-state index is 12.2. The van der Waals surface area contributed by atoms with Gasteiger partial charge in [-0.05, 0) is 43.7 Å². The third-order valence-corrected chi connectivity index (χ3v) is 6.65. The minimum Gasteiger partial charge on any atom is -0.388 e. The third-order valence-electron chi connectivity index (χ3n) is 6.65. The standard InChI is InChI=1S/C24H34N10O/c25-14-18-21(22(28)35)23(32-24(31-18)34-9-3-1-2-4-10-34)30-17-5-6-20(29-15-17)33-11-7-16(8-12-33)13-19(26)27/h5-6,14-16,25H,1-4,7-13H2,(H3,26,27)(H2,28,35)(H,30,31,32). The number of aromatic nitrogens is 3. The van der Waals surface area contributed by atoms with Crippen LogP contribution in [0.1, 0.15) is 61.0 Å². The minimum atomic E-state index is -0.688. The van der Waals surface area contributed by atoms with Gasteiger partial charge in [0.1, 0.15) is 22.9 Å². The van der Waals surface area contributed by atoms with E-state index in [1.807, 2.05) is 12.1 Å². The van der Waals surface area contributed by atoms with Gasteiger partial charge in [0.2, 0.25) is 5.95 Å². The predicted molar refractivity (Wildman–Crippen MR) is 138 cm³/mol. The molecule has 35 heavy (non-hydrogen) atoms. The topological polar surface area (TPSA) is 174 Å². The van der Waals surface area contributed by atoms with Gasteiger partial charge in [0.05, 0.1) is 17.7 Å². The number of rotatable bonds is 8.